The zero-order valence-electron chi connectivity index (χ0n) is 11.0. The fourth-order valence-corrected chi connectivity index (χ4v) is 7.27. The molecule has 86 valence electrons. The largest absolute Gasteiger partial charge is 0.325 e. The lowest BCUT2D eigenvalue weighted by molar-refractivity contribution is 0.614. The summed E-state index contributed by atoms with van der Waals surface area (Å²) in [5.41, 5.74) is 0.711. The molecular formula is C11H28N2Si. The van der Waals surface area contributed by atoms with Gasteiger partial charge in [-0.3, -0.25) is 0 Å². The number of rotatable bonds is 5. The van der Waals surface area contributed by atoms with Gasteiger partial charge < -0.3 is 9.96 Å². The van der Waals surface area contributed by atoms with E-state index < -0.39 is 8.40 Å². The van der Waals surface area contributed by atoms with E-state index in [9.17, 15) is 0 Å². The molecule has 0 fully saturated rings. The molecule has 0 saturated carbocycles. The van der Waals surface area contributed by atoms with Gasteiger partial charge in [-0.1, -0.05) is 48.5 Å². The van der Waals surface area contributed by atoms with Crippen LogP contribution in [-0.2, 0) is 0 Å². The molecule has 14 heavy (non-hydrogen) atoms. The van der Waals surface area contributed by atoms with E-state index in [0.717, 1.165) is 13.1 Å². The van der Waals surface area contributed by atoms with E-state index in [4.69, 9.17) is 0 Å². The minimum absolute atomic E-state index is 0.354. The molecule has 0 aromatic heterocycles. The van der Waals surface area contributed by atoms with E-state index >= 15 is 0 Å². The van der Waals surface area contributed by atoms with E-state index in [2.05, 4.69) is 58.4 Å². The highest BCUT2D eigenvalue weighted by Gasteiger charge is 2.46. The van der Waals surface area contributed by atoms with Gasteiger partial charge in [0.05, 0.1) is 0 Å². The summed E-state index contributed by atoms with van der Waals surface area (Å²) >= 11 is 0. The fourth-order valence-electron chi connectivity index (χ4n) is 2.42. The summed E-state index contributed by atoms with van der Waals surface area (Å²) in [6.07, 6.45) is 0. The summed E-state index contributed by atoms with van der Waals surface area (Å²) in [4.78, 5) is 7.53. The van der Waals surface area contributed by atoms with Gasteiger partial charge in [0.25, 0.3) is 0 Å². The molecule has 0 saturated heterocycles. The molecular weight excluding hydrogens is 188 g/mol. The van der Waals surface area contributed by atoms with Gasteiger partial charge in [-0.05, 0) is 23.7 Å². The molecule has 0 spiro atoms. The minimum atomic E-state index is -1.57. The molecule has 0 atom stereocenters. The van der Waals surface area contributed by atoms with Crippen LogP contribution in [0.2, 0.25) is 10.6 Å². The van der Waals surface area contributed by atoms with Crippen LogP contribution in [0.3, 0.4) is 0 Å². The van der Waals surface area contributed by atoms with Gasteiger partial charge in [-0.2, -0.15) is 0 Å². The monoisotopic (exact) mass is 216 g/mol. The molecule has 2 N–H and O–H groups in total. The molecule has 0 amide bonds. The Morgan fingerprint density at radius 1 is 1.00 bits per heavy atom. The van der Waals surface area contributed by atoms with Crippen LogP contribution in [0.5, 0.6) is 0 Å². The quantitative estimate of drug-likeness (QED) is 0.691. The van der Waals surface area contributed by atoms with Crippen molar-refractivity contribution in [3.63, 3.8) is 0 Å². The van der Waals surface area contributed by atoms with Crippen molar-refractivity contribution in [3.05, 3.63) is 0 Å². The lowest BCUT2D eigenvalue weighted by Crippen LogP contribution is -2.69. The molecule has 0 aromatic carbocycles. The molecule has 0 aromatic rings. The second-order valence-electron chi connectivity index (χ2n) is 5.27. The topological polar surface area (TPSA) is 24.1 Å². The molecule has 0 heterocycles. The van der Waals surface area contributed by atoms with Crippen molar-refractivity contribution in [1.29, 1.82) is 0 Å². The summed E-state index contributed by atoms with van der Waals surface area (Å²) in [5, 5.41) is 0.354. The molecule has 2 nitrogen and oxygen atoms in total. The van der Waals surface area contributed by atoms with Crippen molar-refractivity contribution in [3.8, 4) is 0 Å². The number of hydrogen-bond acceptors (Lipinski definition) is 2. The summed E-state index contributed by atoms with van der Waals surface area (Å²) in [6.45, 7) is 18.3. The zero-order chi connectivity index (χ0) is 11.4. The smallest absolute Gasteiger partial charge is 0.209 e. The van der Waals surface area contributed by atoms with Gasteiger partial charge in [-0.25, -0.2) is 0 Å². The van der Waals surface area contributed by atoms with Crippen LogP contribution in [0.15, 0.2) is 0 Å². The maximum Gasteiger partial charge on any atom is 0.209 e. The Kier molecular flexibility index (Phi) is 5.34. The van der Waals surface area contributed by atoms with E-state index in [1.54, 1.807) is 0 Å². The Morgan fingerprint density at radius 2 is 1.36 bits per heavy atom. The van der Waals surface area contributed by atoms with E-state index in [0.29, 0.717) is 10.6 Å². The first-order valence-corrected chi connectivity index (χ1v) is 7.89. The number of hydrogen-bond donors (Lipinski definition) is 2. The highest BCUT2D eigenvalue weighted by molar-refractivity contribution is 6.79. The SMILES string of the molecule is CCN[Si](NCC)(C(C)C)C(C)(C)C. The summed E-state index contributed by atoms with van der Waals surface area (Å²) in [7, 11) is -1.57. The van der Waals surface area contributed by atoms with Crippen molar-refractivity contribution in [1.82, 2.24) is 9.96 Å². The molecule has 0 bridgehead atoms. The Labute approximate surface area is 91.0 Å². The van der Waals surface area contributed by atoms with Gasteiger partial charge in [0.15, 0.2) is 0 Å². The maximum atomic E-state index is 3.76. The third kappa shape index (κ3) is 2.81. The first-order valence-electron chi connectivity index (χ1n) is 5.81. The van der Waals surface area contributed by atoms with E-state index in [-0.39, 0.29) is 0 Å². The van der Waals surface area contributed by atoms with Crippen molar-refractivity contribution >= 4 is 8.40 Å². The summed E-state index contributed by atoms with van der Waals surface area (Å²) < 4.78 is 0. The second kappa shape index (κ2) is 5.28. The van der Waals surface area contributed by atoms with E-state index in [1.807, 2.05) is 0 Å². The average Bonchev–Trinajstić information content (AvgIpc) is 2.01. The molecule has 0 radical (unpaired) electrons. The Bertz CT molecular complexity index is 155. The van der Waals surface area contributed by atoms with Crippen LogP contribution in [0.25, 0.3) is 0 Å². The average molecular weight is 216 g/mol. The molecule has 0 aliphatic rings. The fraction of sp³-hybridized carbons (Fsp3) is 1.00. The molecule has 0 aliphatic carbocycles. The van der Waals surface area contributed by atoms with Crippen LogP contribution >= 0.6 is 0 Å². The highest BCUT2D eigenvalue weighted by Crippen LogP contribution is 2.39. The third-order valence-electron chi connectivity index (χ3n) is 2.96. The lowest BCUT2D eigenvalue weighted by atomic mass is 10.2. The van der Waals surface area contributed by atoms with Crippen LogP contribution < -0.4 is 9.96 Å². The second-order valence-corrected chi connectivity index (χ2v) is 10.3. The van der Waals surface area contributed by atoms with Gasteiger partial charge in [-0.15, -0.1) is 0 Å². The predicted molar refractivity (Wildman–Crippen MR) is 67.9 cm³/mol. The van der Waals surface area contributed by atoms with Crippen molar-refractivity contribution < 1.29 is 0 Å². The maximum absolute atomic E-state index is 3.76. The van der Waals surface area contributed by atoms with Crippen molar-refractivity contribution in [2.45, 2.75) is 59.0 Å². The van der Waals surface area contributed by atoms with Crippen molar-refractivity contribution in [2.24, 2.45) is 0 Å². The minimum Gasteiger partial charge on any atom is -0.325 e. The molecule has 3 heteroatoms. The molecule has 0 aliphatic heterocycles. The Balaban J connectivity index is 4.94. The summed E-state index contributed by atoms with van der Waals surface area (Å²) in [6, 6.07) is 0. The zero-order valence-corrected chi connectivity index (χ0v) is 12.0. The van der Waals surface area contributed by atoms with Crippen LogP contribution in [-0.4, -0.2) is 21.5 Å². The van der Waals surface area contributed by atoms with Gasteiger partial charge in [0.1, 0.15) is 0 Å². The Morgan fingerprint density at radius 3 is 1.50 bits per heavy atom. The molecule has 0 rings (SSSR count). The summed E-state index contributed by atoms with van der Waals surface area (Å²) in [5.74, 6) is 0. The highest BCUT2D eigenvalue weighted by atomic mass is 28.3. The van der Waals surface area contributed by atoms with Crippen molar-refractivity contribution in [2.75, 3.05) is 13.1 Å². The first kappa shape index (κ1) is 14.1. The normalized spacial score (nSPS) is 13.7. The van der Waals surface area contributed by atoms with Gasteiger partial charge >= 0.3 is 0 Å². The van der Waals surface area contributed by atoms with E-state index in [1.165, 1.54) is 0 Å². The predicted octanol–water partition coefficient (Wildman–Crippen LogP) is 2.86. The first-order chi connectivity index (χ1) is 6.31. The van der Waals surface area contributed by atoms with Gasteiger partial charge in [0, 0.05) is 0 Å². The van der Waals surface area contributed by atoms with Crippen LogP contribution in [0.4, 0.5) is 0 Å². The Hall–Kier alpha value is 0.137. The number of nitrogens with one attached hydrogen (secondary N) is 2. The van der Waals surface area contributed by atoms with Gasteiger partial charge in [0.2, 0.25) is 8.40 Å². The lowest BCUT2D eigenvalue weighted by Gasteiger charge is -2.46. The molecule has 0 unspecified atom stereocenters. The third-order valence-corrected chi connectivity index (χ3v) is 8.88. The van der Waals surface area contributed by atoms with Crippen LogP contribution in [0, 0.1) is 0 Å². The van der Waals surface area contributed by atoms with Crippen LogP contribution in [0.1, 0.15) is 48.5 Å². The standard InChI is InChI=1S/C11H28N2Si/c1-8-12-14(10(3)4,13-9-2)11(5,6)7/h10,12-13H,8-9H2,1-7H3.